The van der Waals surface area contributed by atoms with Crippen LogP contribution >= 0.6 is 11.5 Å². The molecule has 1 aromatic heterocycles. The first-order valence-electron chi connectivity index (χ1n) is 5.23. The molecule has 0 saturated carbocycles. The maximum atomic E-state index is 12.8. The Morgan fingerprint density at radius 3 is 2.62 bits per heavy atom. The fraction of sp³-hybridized carbons (Fsp3) is 0.100. The van der Waals surface area contributed by atoms with Crippen molar-refractivity contribution in [3.05, 3.63) is 45.0 Å². The number of nitro benzene ring substituents is 1. The molecule has 0 spiro atoms. The van der Waals surface area contributed by atoms with E-state index in [1.165, 1.54) is 5.38 Å². The molecule has 0 fully saturated rings. The van der Waals surface area contributed by atoms with Crippen molar-refractivity contribution < 1.29 is 22.9 Å². The van der Waals surface area contributed by atoms with Gasteiger partial charge in [0.15, 0.2) is 5.69 Å². The summed E-state index contributed by atoms with van der Waals surface area (Å²) in [4.78, 5) is 21.1. The number of hydrogen-bond donors (Lipinski definition) is 1. The quantitative estimate of drug-likeness (QED) is 0.693. The number of nitrogens with zero attached hydrogens (tertiary/aromatic N) is 3. The van der Waals surface area contributed by atoms with Crippen LogP contribution in [-0.2, 0) is 6.18 Å². The van der Waals surface area contributed by atoms with Gasteiger partial charge in [-0.1, -0.05) is 4.49 Å². The number of rotatable bonds is 3. The van der Waals surface area contributed by atoms with Crippen LogP contribution in [0.3, 0.4) is 0 Å². The van der Waals surface area contributed by atoms with E-state index in [1.54, 1.807) is 0 Å². The first-order chi connectivity index (χ1) is 9.79. The lowest BCUT2D eigenvalue weighted by Gasteiger charge is -2.10. The third-order valence-electron chi connectivity index (χ3n) is 2.35. The third-order valence-corrected chi connectivity index (χ3v) is 2.85. The summed E-state index contributed by atoms with van der Waals surface area (Å²) in [6.45, 7) is 0. The molecule has 0 aliphatic rings. The number of alkyl halides is 3. The minimum absolute atomic E-state index is 0.0630. The standard InChI is InChI=1S/C10H5F3N4O3S/c11-10(12,13)6-3-5(1-2-8(6)17(19)20)14-9(18)7-4-21-16-15-7/h1-4H,(H,14,18). The fourth-order valence-corrected chi connectivity index (χ4v) is 1.90. The number of carbonyl (C=O) groups excluding carboxylic acids is 1. The number of benzene rings is 1. The van der Waals surface area contributed by atoms with Crippen LogP contribution in [0.15, 0.2) is 23.6 Å². The van der Waals surface area contributed by atoms with Crippen molar-refractivity contribution in [3.8, 4) is 0 Å². The zero-order chi connectivity index (χ0) is 15.6. The maximum Gasteiger partial charge on any atom is 0.423 e. The molecule has 0 radical (unpaired) electrons. The summed E-state index contributed by atoms with van der Waals surface area (Å²) < 4.78 is 41.7. The summed E-state index contributed by atoms with van der Waals surface area (Å²) in [5, 5.41) is 17.5. The number of anilines is 1. The normalized spacial score (nSPS) is 11.2. The minimum atomic E-state index is -4.91. The second-order valence-corrected chi connectivity index (χ2v) is 4.34. The molecule has 1 aromatic carbocycles. The van der Waals surface area contributed by atoms with E-state index in [4.69, 9.17) is 0 Å². The summed E-state index contributed by atoms with van der Waals surface area (Å²) in [7, 11) is 0. The molecule has 0 aliphatic carbocycles. The lowest BCUT2D eigenvalue weighted by molar-refractivity contribution is -0.388. The van der Waals surface area contributed by atoms with Crippen molar-refractivity contribution in [1.29, 1.82) is 0 Å². The van der Waals surface area contributed by atoms with Gasteiger partial charge in [-0.05, 0) is 23.7 Å². The maximum absolute atomic E-state index is 12.8. The predicted molar refractivity (Wildman–Crippen MR) is 66.0 cm³/mol. The largest absolute Gasteiger partial charge is 0.423 e. The Morgan fingerprint density at radius 2 is 2.10 bits per heavy atom. The van der Waals surface area contributed by atoms with Crippen LogP contribution < -0.4 is 5.32 Å². The predicted octanol–water partition coefficient (Wildman–Crippen LogP) is 2.72. The van der Waals surface area contributed by atoms with Crippen molar-refractivity contribution in [2.75, 3.05) is 5.32 Å². The minimum Gasteiger partial charge on any atom is -0.321 e. The summed E-state index contributed by atoms with van der Waals surface area (Å²) in [5.41, 5.74) is -2.82. The van der Waals surface area contributed by atoms with Crippen LogP contribution in [-0.4, -0.2) is 20.4 Å². The molecule has 21 heavy (non-hydrogen) atoms. The molecule has 11 heteroatoms. The Kier molecular flexibility index (Phi) is 3.84. The van der Waals surface area contributed by atoms with E-state index in [0.717, 1.165) is 17.6 Å². The average molecular weight is 318 g/mol. The number of hydrogen-bond acceptors (Lipinski definition) is 6. The fourth-order valence-electron chi connectivity index (χ4n) is 1.46. The Hall–Kier alpha value is -2.56. The molecule has 1 N–H and O–H groups in total. The van der Waals surface area contributed by atoms with Gasteiger partial charge in [-0.3, -0.25) is 14.9 Å². The molecule has 110 valence electrons. The first kappa shape index (κ1) is 14.8. The molecule has 2 aromatic rings. The van der Waals surface area contributed by atoms with Crippen molar-refractivity contribution in [3.63, 3.8) is 0 Å². The van der Waals surface area contributed by atoms with Crippen molar-refractivity contribution in [1.82, 2.24) is 9.59 Å². The van der Waals surface area contributed by atoms with Gasteiger partial charge in [0.05, 0.1) is 4.92 Å². The number of amides is 1. The van der Waals surface area contributed by atoms with Crippen LogP contribution in [0.1, 0.15) is 16.1 Å². The molecule has 0 unspecified atom stereocenters. The van der Waals surface area contributed by atoms with Crippen molar-refractivity contribution in [2.24, 2.45) is 0 Å². The Balaban J connectivity index is 2.34. The molecule has 1 heterocycles. The lowest BCUT2D eigenvalue weighted by atomic mass is 10.1. The monoisotopic (exact) mass is 318 g/mol. The highest BCUT2D eigenvalue weighted by Gasteiger charge is 2.38. The number of carbonyl (C=O) groups is 1. The van der Waals surface area contributed by atoms with E-state index in [9.17, 15) is 28.1 Å². The van der Waals surface area contributed by atoms with Gasteiger partial charge in [0.25, 0.3) is 11.6 Å². The molecule has 0 atom stereocenters. The third kappa shape index (κ3) is 3.31. The zero-order valence-electron chi connectivity index (χ0n) is 9.92. The molecule has 0 saturated heterocycles. The molecule has 7 nitrogen and oxygen atoms in total. The SMILES string of the molecule is O=C(Nc1ccc([N+](=O)[O-])c(C(F)(F)F)c1)c1csnn1. The Labute approximate surface area is 118 Å². The number of nitro groups is 1. The van der Waals surface area contributed by atoms with E-state index < -0.39 is 28.3 Å². The highest BCUT2D eigenvalue weighted by Crippen LogP contribution is 2.37. The van der Waals surface area contributed by atoms with Crippen LogP contribution in [0.5, 0.6) is 0 Å². The smallest absolute Gasteiger partial charge is 0.321 e. The first-order valence-corrected chi connectivity index (χ1v) is 6.06. The van der Waals surface area contributed by atoms with Gasteiger partial charge < -0.3 is 5.32 Å². The summed E-state index contributed by atoms with van der Waals surface area (Å²) in [6.07, 6.45) is -4.91. The highest BCUT2D eigenvalue weighted by atomic mass is 32.1. The Morgan fingerprint density at radius 1 is 1.38 bits per heavy atom. The molecule has 2 rings (SSSR count). The van der Waals surface area contributed by atoms with Gasteiger partial charge in [-0.2, -0.15) is 13.2 Å². The van der Waals surface area contributed by atoms with E-state index >= 15 is 0 Å². The molecule has 0 aliphatic heterocycles. The van der Waals surface area contributed by atoms with Crippen LogP contribution in [0.25, 0.3) is 0 Å². The van der Waals surface area contributed by atoms with Gasteiger partial charge in [0.2, 0.25) is 0 Å². The van der Waals surface area contributed by atoms with Crippen LogP contribution in [0.4, 0.5) is 24.5 Å². The number of nitrogens with one attached hydrogen (secondary N) is 1. The highest BCUT2D eigenvalue weighted by molar-refractivity contribution is 7.03. The lowest BCUT2D eigenvalue weighted by Crippen LogP contribution is -2.14. The van der Waals surface area contributed by atoms with Crippen molar-refractivity contribution in [2.45, 2.75) is 6.18 Å². The van der Waals surface area contributed by atoms with Crippen LogP contribution in [0, 0.1) is 10.1 Å². The Bertz CT molecular complexity index is 687. The van der Waals surface area contributed by atoms with Gasteiger partial charge in [-0.15, -0.1) is 5.10 Å². The number of aromatic nitrogens is 2. The molecular weight excluding hydrogens is 313 g/mol. The van der Waals surface area contributed by atoms with Gasteiger partial charge in [0.1, 0.15) is 5.56 Å². The summed E-state index contributed by atoms with van der Waals surface area (Å²) >= 11 is 0.901. The van der Waals surface area contributed by atoms with Gasteiger partial charge in [-0.25, -0.2) is 0 Å². The van der Waals surface area contributed by atoms with E-state index in [2.05, 4.69) is 14.9 Å². The number of halogens is 3. The van der Waals surface area contributed by atoms with E-state index in [0.29, 0.717) is 12.1 Å². The van der Waals surface area contributed by atoms with Crippen molar-refractivity contribution >= 4 is 28.8 Å². The van der Waals surface area contributed by atoms with Gasteiger partial charge in [0, 0.05) is 17.1 Å². The molecular formula is C10H5F3N4O3S. The average Bonchev–Trinajstić information content (AvgIpc) is 2.91. The van der Waals surface area contributed by atoms with E-state index in [-0.39, 0.29) is 11.4 Å². The summed E-state index contributed by atoms with van der Waals surface area (Å²) in [6, 6.07) is 2.18. The second kappa shape index (κ2) is 5.44. The summed E-state index contributed by atoms with van der Waals surface area (Å²) in [5.74, 6) is -0.759. The van der Waals surface area contributed by atoms with E-state index in [1.807, 2.05) is 0 Å². The van der Waals surface area contributed by atoms with Gasteiger partial charge >= 0.3 is 6.18 Å². The molecule has 0 bridgehead atoms. The zero-order valence-corrected chi connectivity index (χ0v) is 10.7. The second-order valence-electron chi connectivity index (χ2n) is 3.73. The topological polar surface area (TPSA) is 98.0 Å². The van der Waals surface area contributed by atoms with Crippen LogP contribution in [0.2, 0.25) is 0 Å². The molecule has 1 amide bonds.